The molecule has 1 heterocycles. The van der Waals surface area contributed by atoms with Crippen LogP contribution in [0.15, 0.2) is 23.2 Å². The molecule has 0 N–H and O–H groups in total. The maximum atomic E-state index is 4.83. The van der Waals surface area contributed by atoms with Crippen LogP contribution in [0.25, 0.3) is 5.57 Å². The Morgan fingerprint density at radius 3 is 2.41 bits per heavy atom. The Balaban J connectivity index is 2.38. The standard InChI is InChI=1S/C16H17N/c1-9-10(2)12(4)16-15(11(9)3)13-7-5-6-8-14(13)17-16/h5-7H,8H2,1-4H3. The van der Waals surface area contributed by atoms with Gasteiger partial charge in [-0.25, -0.2) is 0 Å². The third kappa shape index (κ3) is 1.28. The molecule has 1 heteroatoms. The predicted octanol–water partition coefficient (Wildman–Crippen LogP) is 4.35. The van der Waals surface area contributed by atoms with Crippen molar-refractivity contribution in [1.82, 2.24) is 0 Å². The Morgan fingerprint density at radius 1 is 0.941 bits per heavy atom. The molecule has 1 aromatic carbocycles. The van der Waals surface area contributed by atoms with Crippen LogP contribution in [0, 0.1) is 27.7 Å². The van der Waals surface area contributed by atoms with Gasteiger partial charge in [-0.3, -0.25) is 4.99 Å². The molecule has 0 spiro atoms. The largest absolute Gasteiger partial charge is 0.252 e. The second kappa shape index (κ2) is 3.43. The molecule has 1 aliphatic heterocycles. The third-order valence-corrected chi connectivity index (χ3v) is 4.19. The van der Waals surface area contributed by atoms with E-state index in [-0.39, 0.29) is 0 Å². The SMILES string of the molecule is Cc1c(C)c(C)c2c(c1C)N=C1CC=CC=C12. The highest BCUT2D eigenvalue weighted by Gasteiger charge is 2.26. The van der Waals surface area contributed by atoms with Crippen LogP contribution in [0.5, 0.6) is 0 Å². The molecule has 1 aliphatic carbocycles. The lowest BCUT2D eigenvalue weighted by Gasteiger charge is -2.15. The molecule has 2 aliphatic rings. The zero-order valence-corrected chi connectivity index (χ0v) is 10.9. The van der Waals surface area contributed by atoms with Crippen molar-refractivity contribution in [3.05, 3.63) is 46.0 Å². The zero-order valence-electron chi connectivity index (χ0n) is 10.9. The minimum absolute atomic E-state index is 0.970. The molecule has 1 nitrogen and oxygen atoms in total. The minimum Gasteiger partial charge on any atom is -0.252 e. The summed E-state index contributed by atoms with van der Waals surface area (Å²) in [7, 11) is 0. The maximum absolute atomic E-state index is 4.83. The first-order valence-corrected chi connectivity index (χ1v) is 6.16. The molecule has 0 amide bonds. The molecule has 0 fully saturated rings. The van der Waals surface area contributed by atoms with Gasteiger partial charge in [0.05, 0.1) is 11.4 Å². The summed E-state index contributed by atoms with van der Waals surface area (Å²) in [6.07, 6.45) is 7.50. The topological polar surface area (TPSA) is 12.4 Å². The molecule has 0 radical (unpaired) electrons. The molecule has 0 bridgehead atoms. The predicted molar refractivity (Wildman–Crippen MR) is 74.2 cm³/mol. The molecule has 0 aromatic heterocycles. The highest BCUT2D eigenvalue weighted by Crippen LogP contribution is 2.44. The second-order valence-corrected chi connectivity index (χ2v) is 4.99. The monoisotopic (exact) mass is 223 g/mol. The van der Waals surface area contributed by atoms with E-state index in [4.69, 9.17) is 4.99 Å². The lowest BCUT2D eigenvalue weighted by atomic mass is 9.88. The van der Waals surface area contributed by atoms with Gasteiger partial charge < -0.3 is 0 Å². The van der Waals surface area contributed by atoms with Gasteiger partial charge in [0.1, 0.15) is 0 Å². The van der Waals surface area contributed by atoms with E-state index < -0.39 is 0 Å². The van der Waals surface area contributed by atoms with E-state index in [9.17, 15) is 0 Å². The Labute approximate surface area is 103 Å². The van der Waals surface area contributed by atoms with Crippen molar-refractivity contribution in [2.75, 3.05) is 0 Å². The van der Waals surface area contributed by atoms with Crippen molar-refractivity contribution in [2.45, 2.75) is 34.1 Å². The van der Waals surface area contributed by atoms with Crippen LogP contribution in [0.3, 0.4) is 0 Å². The van der Waals surface area contributed by atoms with Gasteiger partial charge in [-0.1, -0.05) is 18.2 Å². The molecule has 0 saturated carbocycles. The molecular formula is C16H17N. The fourth-order valence-corrected chi connectivity index (χ4v) is 2.78. The van der Waals surface area contributed by atoms with Crippen molar-refractivity contribution in [2.24, 2.45) is 4.99 Å². The number of fused-ring (bicyclic) bond motifs is 3. The number of hydrogen-bond acceptors (Lipinski definition) is 1. The first-order chi connectivity index (χ1) is 8.11. The first-order valence-electron chi connectivity index (χ1n) is 6.16. The van der Waals surface area contributed by atoms with Crippen LogP contribution in [-0.2, 0) is 0 Å². The second-order valence-electron chi connectivity index (χ2n) is 4.99. The smallest absolute Gasteiger partial charge is 0.0747 e. The van der Waals surface area contributed by atoms with E-state index in [0.717, 1.165) is 6.42 Å². The molecule has 0 unspecified atom stereocenters. The average molecular weight is 223 g/mol. The summed E-state index contributed by atoms with van der Waals surface area (Å²) in [6, 6.07) is 0. The number of hydrogen-bond donors (Lipinski definition) is 0. The van der Waals surface area contributed by atoms with Gasteiger partial charge in [-0.2, -0.15) is 0 Å². The van der Waals surface area contributed by atoms with Gasteiger partial charge in [-0.05, 0) is 49.9 Å². The number of aliphatic imine (C=N–C) groups is 1. The fraction of sp³-hybridized carbons (Fsp3) is 0.312. The average Bonchev–Trinajstić information content (AvgIpc) is 2.73. The summed E-state index contributed by atoms with van der Waals surface area (Å²) in [6.45, 7) is 8.83. The normalized spacial score (nSPS) is 16.5. The van der Waals surface area contributed by atoms with E-state index >= 15 is 0 Å². The van der Waals surface area contributed by atoms with Crippen molar-refractivity contribution in [1.29, 1.82) is 0 Å². The van der Waals surface area contributed by atoms with Gasteiger partial charge in [0.15, 0.2) is 0 Å². The van der Waals surface area contributed by atoms with Crippen LogP contribution in [0.2, 0.25) is 0 Å². The zero-order chi connectivity index (χ0) is 12.2. The number of nitrogens with zero attached hydrogens (tertiary/aromatic N) is 1. The molecular weight excluding hydrogens is 206 g/mol. The van der Waals surface area contributed by atoms with Crippen LogP contribution in [0.4, 0.5) is 5.69 Å². The van der Waals surface area contributed by atoms with Crippen molar-refractivity contribution in [3.8, 4) is 0 Å². The van der Waals surface area contributed by atoms with Gasteiger partial charge >= 0.3 is 0 Å². The summed E-state index contributed by atoms with van der Waals surface area (Å²) in [5.74, 6) is 0. The Morgan fingerprint density at radius 2 is 1.65 bits per heavy atom. The molecule has 86 valence electrons. The van der Waals surface area contributed by atoms with E-state index in [0.29, 0.717) is 0 Å². The maximum Gasteiger partial charge on any atom is 0.0747 e. The van der Waals surface area contributed by atoms with Crippen molar-refractivity contribution in [3.63, 3.8) is 0 Å². The molecule has 0 saturated heterocycles. The van der Waals surface area contributed by atoms with Crippen LogP contribution >= 0.6 is 0 Å². The van der Waals surface area contributed by atoms with Crippen molar-refractivity contribution < 1.29 is 0 Å². The summed E-state index contributed by atoms with van der Waals surface area (Å²) < 4.78 is 0. The van der Waals surface area contributed by atoms with E-state index in [2.05, 4.69) is 45.9 Å². The summed E-state index contributed by atoms with van der Waals surface area (Å²) in [5, 5.41) is 0. The number of benzene rings is 1. The highest BCUT2D eigenvalue weighted by atomic mass is 14.8. The van der Waals surface area contributed by atoms with Gasteiger partial charge in [0, 0.05) is 17.6 Å². The first kappa shape index (κ1) is 10.5. The number of allylic oxidation sites excluding steroid dienone is 4. The van der Waals surface area contributed by atoms with E-state index in [1.807, 2.05) is 0 Å². The Hall–Kier alpha value is -1.63. The van der Waals surface area contributed by atoms with Crippen LogP contribution in [0.1, 0.15) is 34.2 Å². The lowest BCUT2D eigenvalue weighted by Crippen LogP contribution is -2.01. The summed E-state index contributed by atoms with van der Waals surface area (Å²) in [4.78, 5) is 4.83. The number of rotatable bonds is 0. The quantitative estimate of drug-likeness (QED) is 0.620. The van der Waals surface area contributed by atoms with Crippen molar-refractivity contribution >= 4 is 17.0 Å². The van der Waals surface area contributed by atoms with Gasteiger partial charge in [0.2, 0.25) is 0 Å². The molecule has 17 heavy (non-hydrogen) atoms. The lowest BCUT2D eigenvalue weighted by molar-refractivity contribution is 1.20. The van der Waals surface area contributed by atoms with Gasteiger partial charge in [0.25, 0.3) is 0 Å². The Kier molecular flexibility index (Phi) is 2.12. The van der Waals surface area contributed by atoms with Gasteiger partial charge in [-0.15, -0.1) is 0 Å². The van der Waals surface area contributed by atoms with Crippen LogP contribution < -0.4 is 0 Å². The third-order valence-electron chi connectivity index (χ3n) is 4.19. The molecule has 1 aromatic rings. The van der Waals surface area contributed by atoms with Crippen LogP contribution in [-0.4, -0.2) is 5.71 Å². The summed E-state index contributed by atoms with van der Waals surface area (Å²) >= 11 is 0. The molecule has 0 atom stereocenters. The van der Waals surface area contributed by atoms with E-state index in [1.165, 1.54) is 44.8 Å². The summed E-state index contributed by atoms with van der Waals surface area (Å²) in [5.41, 5.74) is 10.7. The minimum atomic E-state index is 0.970. The van der Waals surface area contributed by atoms with E-state index in [1.54, 1.807) is 0 Å². The Bertz CT molecular complexity index is 613. The fourth-order valence-electron chi connectivity index (χ4n) is 2.78. The molecule has 3 rings (SSSR count). The highest BCUT2D eigenvalue weighted by molar-refractivity contribution is 6.30.